The van der Waals surface area contributed by atoms with Gasteiger partial charge in [-0.1, -0.05) is 18.2 Å². The minimum Gasteiger partial charge on any atom is -0.454 e. The van der Waals surface area contributed by atoms with Crippen LogP contribution in [0.3, 0.4) is 0 Å². The van der Waals surface area contributed by atoms with E-state index in [4.69, 9.17) is 10.5 Å². The molecule has 0 unspecified atom stereocenters. The molecular formula is C18H15F2N5O3. The van der Waals surface area contributed by atoms with Gasteiger partial charge >= 0.3 is 12.6 Å². The lowest BCUT2D eigenvalue weighted by Gasteiger charge is -2.08. The number of nitrogen functional groups attached to an aromatic ring is 1. The number of rotatable bonds is 7. The first kappa shape index (κ1) is 19.0. The lowest BCUT2D eigenvalue weighted by atomic mass is 10.2. The zero-order valence-electron chi connectivity index (χ0n) is 14.4. The molecule has 144 valence electrons. The van der Waals surface area contributed by atoms with Crippen molar-refractivity contribution in [3.63, 3.8) is 0 Å². The number of hydrogen-bond donors (Lipinski definition) is 2. The molecule has 3 aromatic rings. The number of carbonyl (C=O) groups is 1. The number of alkyl halides is 2. The largest absolute Gasteiger partial charge is 0.454 e. The van der Waals surface area contributed by atoms with Crippen molar-refractivity contribution in [1.82, 2.24) is 15.0 Å². The molecule has 0 spiro atoms. The van der Waals surface area contributed by atoms with Crippen molar-refractivity contribution in [3.8, 4) is 5.75 Å². The van der Waals surface area contributed by atoms with Gasteiger partial charge in [0.1, 0.15) is 5.75 Å². The maximum absolute atomic E-state index is 12.1. The first-order chi connectivity index (χ1) is 13.5. The highest BCUT2D eigenvalue weighted by Crippen LogP contribution is 2.16. The van der Waals surface area contributed by atoms with Crippen LogP contribution in [0.15, 0.2) is 54.6 Å². The highest BCUT2D eigenvalue weighted by atomic mass is 19.3. The van der Waals surface area contributed by atoms with Crippen LogP contribution in [0.2, 0.25) is 0 Å². The lowest BCUT2D eigenvalue weighted by Crippen LogP contribution is -2.11. The number of anilines is 3. The fourth-order valence-electron chi connectivity index (χ4n) is 2.19. The van der Waals surface area contributed by atoms with Crippen molar-refractivity contribution in [2.45, 2.75) is 13.2 Å². The molecule has 1 heterocycles. The average Bonchev–Trinajstić information content (AvgIpc) is 2.66. The molecule has 28 heavy (non-hydrogen) atoms. The monoisotopic (exact) mass is 387 g/mol. The molecule has 0 atom stereocenters. The van der Waals surface area contributed by atoms with Crippen LogP contribution in [0.1, 0.15) is 16.2 Å². The Morgan fingerprint density at radius 2 is 1.75 bits per heavy atom. The van der Waals surface area contributed by atoms with Crippen molar-refractivity contribution < 1.29 is 23.0 Å². The summed E-state index contributed by atoms with van der Waals surface area (Å²) in [6, 6.07) is 14.3. The third kappa shape index (κ3) is 5.34. The molecule has 0 radical (unpaired) electrons. The number of carbonyl (C=O) groups excluding carboxylic acids is 1. The molecule has 2 aromatic carbocycles. The Kier molecular flexibility index (Phi) is 5.90. The zero-order chi connectivity index (χ0) is 19.9. The van der Waals surface area contributed by atoms with Crippen molar-refractivity contribution in [2.75, 3.05) is 11.1 Å². The number of ether oxygens (including phenoxy) is 2. The molecule has 1 aromatic heterocycles. The van der Waals surface area contributed by atoms with Gasteiger partial charge in [0.2, 0.25) is 11.9 Å². The van der Waals surface area contributed by atoms with Crippen LogP contribution in [0, 0.1) is 0 Å². The second-order valence-electron chi connectivity index (χ2n) is 5.40. The average molecular weight is 387 g/mol. The van der Waals surface area contributed by atoms with E-state index in [0.717, 1.165) is 5.69 Å². The molecule has 0 saturated heterocycles. The summed E-state index contributed by atoms with van der Waals surface area (Å²) in [5.41, 5.74) is 6.58. The van der Waals surface area contributed by atoms with Gasteiger partial charge in [0.15, 0.2) is 12.4 Å². The fraction of sp³-hybridized carbons (Fsp3) is 0.111. The summed E-state index contributed by atoms with van der Waals surface area (Å²) in [7, 11) is 0. The van der Waals surface area contributed by atoms with E-state index in [0.29, 0.717) is 0 Å². The third-order valence-corrected chi connectivity index (χ3v) is 3.38. The maximum Gasteiger partial charge on any atom is 0.387 e. The van der Waals surface area contributed by atoms with E-state index in [-0.39, 0.29) is 35.6 Å². The van der Waals surface area contributed by atoms with Gasteiger partial charge in [-0.15, -0.1) is 0 Å². The molecule has 0 fully saturated rings. The number of aromatic nitrogens is 3. The molecular weight excluding hydrogens is 372 g/mol. The van der Waals surface area contributed by atoms with Crippen molar-refractivity contribution in [2.24, 2.45) is 0 Å². The van der Waals surface area contributed by atoms with Gasteiger partial charge in [0.05, 0.1) is 5.56 Å². The van der Waals surface area contributed by atoms with Crippen LogP contribution in [0.4, 0.5) is 26.4 Å². The summed E-state index contributed by atoms with van der Waals surface area (Å²) in [5, 5.41) is 2.97. The Bertz CT molecular complexity index is 940. The molecule has 0 aliphatic heterocycles. The first-order valence-corrected chi connectivity index (χ1v) is 8.04. The van der Waals surface area contributed by atoms with Crippen LogP contribution in [-0.4, -0.2) is 27.5 Å². The number of nitrogens with zero attached hydrogens (tertiary/aromatic N) is 3. The van der Waals surface area contributed by atoms with Crippen molar-refractivity contribution in [3.05, 3.63) is 66.0 Å². The van der Waals surface area contributed by atoms with Crippen LogP contribution in [0.5, 0.6) is 5.75 Å². The summed E-state index contributed by atoms with van der Waals surface area (Å²) in [4.78, 5) is 24.1. The van der Waals surface area contributed by atoms with Crippen LogP contribution < -0.4 is 15.8 Å². The van der Waals surface area contributed by atoms with Crippen molar-refractivity contribution >= 4 is 23.6 Å². The Morgan fingerprint density at radius 3 is 2.43 bits per heavy atom. The number of hydrogen-bond acceptors (Lipinski definition) is 8. The van der Waals surface area contributed by atoms with Gasteiger partial charge < -0.3 is 20.5 Å². The molecule has 0 amide bonds. The van der Waals surface area contributed by atoms with Crippen molar-refractivity contribution in [1.29, 1.82) is 0 Å². The third-order valence-electron chi connectivity index (χ3n) is 3.38. The number of nitrogens with two attached hydrogens (primary N) is 1. The normalized spacial score (nSPS) is 10.5. The SMILES string of the molecule is Nc1nc(COC(=O)c2ccc(OC(F)F)cc2)nc(Nc2ccccc2)n1. The van der Waals surface area contributed by atoms with Gasteiger partial charge in [-0.05, 0) is 36.4 Å². The van der Waals surface area contributed by atoms with Crippen LogP contribution in [0.25, 0.3) is 0 Å². The predicted molar refractivity (Wildman–Crippen MR) is 96.2 cm³/mol. The molecule has 10 heteroatoms. The van der Waals surface area contributed by atoms with Crippen LogP contribution >= 0.6 is 0 Å². The predicted octanol–water partition coefficient (Wildman–Crippen LogP) is 3.16. The quantitative estimate of drug-likeness (QED) is 0.595. The molecule has 8 nitrogen and oxygen atoms in total. The van der Waals surface area contributed by atoms with Gasteiger partial charge in [-0.3, -0.25) is 0 Å². The summed E-state index contributed by atoms with van der Waals surface area (Å²) < 4.78 is 33.6. The number of benzene rings is 2. The molecule has 0 aliphatic rings. The van der Waals surface area contributed by atoms with E-state index in [1.807, 2.05) is 30.3 Å². The molecule has 0 bridgehead atoms. The molecule has 3 rings (SSSR count). The van der Waals surface area contributed by atoms with E-state index in [1.165, 1.54) is 24.3 Å². The Balaban J connectivity index is 1.63. The van der Waals surface area contributed by atoms with E-state index in [2.05, 4.69) is 25.0 Å². The van der Waals surface area contributed by atoms with E-state index in [9.17, 15) is 13.6 Å². The summed E-state index contributed by atoms with van der Waals surface area (Å²) in [6.45, 7) is -3.18. The Hall–Kier alpha value is -3.82. The van der Waals surface area contributed by atoms with E-state index < -0.39 is 12.6 Å². The smallest absolute Gasteiger partial charge is 0.387 e. The highest BCUT2D eigenvalue weighted by Gasteiger charge is 2.12. The van der Waals surface area contributed by atoms with E-state index in [1.54, 1.807) is 0 Å². The maximum atomic E-state index is 12.1. The second-order valence-corrected chi connectivity index (χ2v) is 5.40. The number of esters is 1. The zero-order valence-corrected chi connectivity index (χ0v) is 14.4. The summed E-state index contributed by atoms with van der Waals surface area (Å²) >= 11 is 0. The number of nitrogens with one attached hydrogen (secondary N) is 1. The van der Waals surface area contributed by atoms with Gasteiger partial charge in [0.25, 0.3) is 0 Å². The summed E-state index contributed by atoms with van der Waals surface area (Å²) in [5.74, 6) is -0.420. The topological polar surface area (TPSA) is 112 Å². The van der Waals surface area contributed by atoms with Gasteiger partial charge in [0, 0.05) is 5.69 Å². The molecule has 0 aliphatic carbocycles. The lowest BCUT2D eigenvalue weighted by molar-refractivity contribution is -0.0498. The van der Waals surface area contributed by atoms with Gasteiger partial charge in [-0.2, -0.15) is 23.7 Å². The Morgan fingerprint density at radius 1 is 1.04 bits per heavy atom. The number of halogens is 2. The minimum atomic E-state index is -2.94. The van der Waals surface area contributed by atoms with Gasteiger partial charge in [-0.25, -0.2) is 4.79 Å². The standard InChI is InChI=1S/C18H15F2N5O3/c19-16(20)28-13-8-6-11(7-9-13)15(26)27-10-14-23-17(21)25-18(24-14)22-12-4-2-1-3-5-12/h1-9,16H,10H2,(H3,21,22,23,24,25). The van der Waals surface area contributed by atoms with E-state index >= 15 is 0 Å². The number of para-hydroxylation sites is 1. The Labute approximate surface area is 158 Å². The molecule has 0 saturated carbocycles. The highest BCUT2D eigenvalue weighted by molar-refractivity contribution is 5.89. The fourth-order valence-corrected chi connectivity index (χ4v) is 2.19. The minimum absolute atomic E-state index is 0.0343. The first-order valence-electron chi connectivity index (χ1n) is 8.04. The molecule has 3 N–H and O–H groups in total. The summed E-state index contributed by atoms with van der Waals surface area (Å²) in [6.07, 6.45) is 0. The second kappa shape index (κ2) is 8.71. The van der Waals surface area contributed by atoms with Crippen LogP contribution in [-0.2, 0) is 11.3 Å².